The van der Waals surface area contributed by atoms with E-state index in [0.717, 1.165) is 5.56 Å². The maximum Gasteiger partial charge on any atom is 0.324 e. The van der Waals surface area contributed by atoms with Crippen LogP contribution in [0.1, 0.15) is 25.5 Å². The van der Waals surface area contributed by atoms with Crippen molar-refractivity contribution in [3.8, 4) is 0 Å². The van der Waals surface area contributed by atoms with Crippen LogP contribution in [-0.2, 0) is 4.79 Å². The smallest absolute Gasteiger partial charge is 0.324 e. The predicted molar refractivity (Wildman–Crippen MR) is 76.4 cm³/mol. The molecule has 0 unspecified atom stereocenters. The van der Waals surface area contributed by atoms with Crippen LogP contribution in [0.15, 0.2) is 24.3 Å². The van der Waals surface area contributed by atoms with Gasteiger partial charge in [0.25, 0.3) is 5.91 Å². The lowest BCUT2D eigenvalue weighted by molar-refractivity contribution is -0.710. The molecule has 1 aliphatic heterocycles. The van der Waals surface area contributed by atoms with Gasteiger partial charge in [0.2, 0.25) is 0 Å². The van der Waals surface area contributed by atoms with E-state index in [0.29, 0.717) is 18.1 Å². The zero-order chi connectivity index (χ0) is 14.7. The number of nitrogens with zero attached hydrogens (tertiary/aromatic N) is 1. The molecule has 20 heavy (non-hydrogen) atoms. The fourth-order valence-electron chi connectivity index (χ4n) is 2.34. The molecule has 6 heteroatoms. The minimum Gasteiger partial charge on any atom is -0.336 e. The largest absolute Gasteiger partial charge is 0.336 e. The number of carbonyl (C=O) groups excluding carboxylic acids is 2. The summed E-state index contributed by atoms with van der Waals surface area (Å²) in [7, 11) is 0. The van der Waals surface area contributed by atoms with Crippen molar-refractivity contribution in [3.63, 3.8) is 0 Å². The Balaban J connectivity index is 1.98. The van der Waals surface area contributed by atoms with E-state index in [1.54, 1.807) is 0 Å². The molecule has 1 heterocycles. The molecule has 0 saturated carbocycles. The van der Waals surface area contributed by atoms with Crippen LogP contribution in [0.5, 0.6) is 0 Å². The van der Waals surface area contributed by atoms with Gasteiger partial charge < -0.3 is 10.6 Å². The minimum atomic E-state index is -0.312. The molecular weight excluding hydrogens is 278 g/mol. The van der Waals surface area contributed by atoms with Gasteiger partial charge in [0, 0.05) is 23.7 Å². The number of urea groups is 1. The molecule has 1 aliphatic rings. The summed E-state index contributed by atoms with van der Waals surface area (Å²) >= 11 is 5.97. The number of hydrogen-bond acceptors (Lipinski definition) is 2. The zero-order valence-electron chi connectivity index (χ0n) is 11.6. The average Bonchev–Trinajstić information content (AvgIpc) is 2.84. The first kappa shape index (κ1) is 14.8. The van der Waals surface area contributed by atoms with Crippen molar-refractivity contribution in [2.24, 2.45) is 0 Å². The highest BCUT2D eigenvalue weighted by atomic mass is 35.5. The molecular formula is C14H19ClN3O2+. The Labute approximate surface area is 123 Å². The third-order valence-electron chi connectivity index (χ3n) is 3.46. The van der Waals surface area contributed by atoms with Gasteiger partial charge in [-0.3, -0.25) is 9.69 Å². The topological polar surface area (TPSA) is 66.0 Å². The molecule has 0 spiro atoms. The van der Waals surface area contributed by atoms with Crippen LogP contribution in [0.25, 0.3) is 0 Å². The first-order valence-electron chi connectivity index (χ1n) is 6.68. The number of imide groups is 1. The number of halogens is 1. The summed E-state index contributed by atoms with van der Waals surface area (Å²) in [5, 5.41) is 5.26. The highest BCUT2D eigenvalue weighted by Gasteiger charge is 2.32. The van der Waals surface area contributed by atoms with E-state index in [1.807, 2.05) is 43.4 Å². The molecule has 1 fully saturated rings. The Morgan fingerprint density at radius 1 is 1.45 bits per heavy atom. The first-order chi connectivity index (χ1) is 9.49. The summed E-state index contributed by atoms with van der Waals surface area (Å²) in [6.07, 6.45) is 0. The van der Waals surface area contributed by atoms with E-state index in [-0.39, 0.29) is 24.0 Å². The summed E-state index contributed by atoms with van der Waals surface area (Å²) in [5.74, 6) is -0.158. The second kappa shape index (κ2) is 6.24. The van der Waals surface area contributed by atoms with Crippen LogP contribution in [0, 0.1) is 0 Å². The molecule has 0 aromatic heterocycles. The van der Waals surface area contributed by atoms with E-state index >= 15 is 0 Å². The van der Waals surface area contributed by atoms with Crippen molar-refractivity contribution < 1.29 is 14.9 Å². The number of rotatable bonds is 4. The minimum absolute atomic E-state index is 0.0957. The maximum atomic E-state index is 12.2. The summed E-state index contributed by atoms with van der Waals surface area (Å²) in [4.78, 5) is 25.0. The van der Waals surface area contributed by atoms with Crippen LogP contribution in [0.4, 0.5) is 4.79 Å². The van der Waals surface area contributed by atoms with E-state index in [9.17, 15) is 9.59 Å². The summed E-state index contributed by atoms with van der Waals surface area (Å²) in [6, 6.07) is 7.07. The summed E-state index contributed by atoms with van der Waals surface area (Å²) in [5.41, 5.74) is 1.06. The molecule has 3 N–H and O–H groups in total. The molecule has 2 rings (SSSR count). The van der Waals surface area contributed by atoms with Gasteiger partial charge in [0.05, 0.1) is 0 Å². The van der Waals surface area contributed by atoms with Gasteiger partial charge in [-0.25, -0.2) is 4.79 Å². The Hall–Kier alpha value is -1.59. The fraction of sp³-hybridized carbons (Fsp3) is 0.429. The number of carbonyl (C=O) groups is 2. The van der Waals surface area contributed by atoms with Crippen molar-refractivity contribution in [1.29, 1.82) is 0 Å². The van der Waals surface area contributed by atoms with E-state index < -0.39 is 0 Å². The molecule has 5 nitrogen and oxygen atoms in total. The molecule has 0 aliphatic carbocycles. The molecule has 0 bridgehead atoms. The highest BCUT2D eigenvalue weighted by Crippen LogP contribution is 2.15. The van der Waals surface area contributed by atoms with Gasteiger partial charge in [-0.15, -0.1) is 0 Å². The summed E-state index contributed by atoms with van der Waals surface area (Å²) < 4.78 is 0. The number of nitrogens with two attached hydrogens (primary N) is 1. The van der Waals surface area contributed by atoms with Gasteiger partial charge >= 0.3 is 6.03 Å². The van der Waals surface area contributed by atoms with Gasteiger partial charge in [-0.1, -0.05) is 23.7 Å². The lowest BCUT2D eigenvalue weighted by Gasteiger charge is -2.20. The third kappa shape index (κ3) is 3.29. The van der Waals surface area contributed by atoms with Gasteiger partial charge in [-0.05, 0) is 26.0 Å². The Kier molecular flexibility index (Phi) is 4.62. The van der Waals surface area contributed by atoms with Gasteiger partial charge in [0.15, 0.2) is 6.04 Å². The molecule has 2 atom stereocenters. The summed E-state index contributed by atoms with van der Waals surface area (Å²) in [6.45, 7) is 4.80. The van der Waals surface area contributed by atoms with Crippen LogP contribution < -0.4 is 10.6 Å². The molecule has 3 amide bonds. The Morgan fingerprint density at radius 2 is 2.20 bits per heavy atom. The second-order valence-corrected chi connectivity index (χ2v) is 5.48. The SMILES string of the molecule is C[C@H]([NH2+][C@H](C)c1cccc(Cl)c1)C(=O)N1CCNC1=O. The van der Waals surface area contributed by atoms with Crippen molar-refractivity contribution in [3.05, 3.63) is 34.9 Å². The average molecular weight is 297 g/mol. The predicted octanol–water partition coefficient (Wildman–Crippen LogP) is 0.905. The number of amides is 3. The maximum absolute atomic E-state index is 12.2. The molecule has 108 valence electrons. The standard InChI is InChI=1S/C14H18ClN3O2/c1-9(11-4-3-5-12(15)8-11)17-10(2)13(19)18-7-6-16-14(18)20/h3-5,8-10,17H,6-7H2,1-2H3,(H,16,20)/p+1/t9-,10+/m1/s1. The third-order valence-corrected chi connectivity index (χ3v) is 3.70. The molecule has 1 aromatic rings. The number of benzene rings is 1. The first-order valence-corrected chi connectivity index (χ1v) is 7.06. The van der Waals surface area contributed by atoms with Crippen LogP contribution >= 0.6 is 11.6 Å². The molecule has 1 saturated heterocycles. The van der Waals surface area contributed by atoms with Gasteiger partial charge in [-0.2, -0.15) is 0 Å². The van der Waals surface area contributed by atoms with Crippen LogP contribution in [0.3, 0.4) is 0 Å². The Morgan fingerprint density at radius 3 is 2.80 bits per heavy atom. The molecule has 0 radical (unpaired) electrons. The second-order valence-electron chi connectivity index (χ2n) is 5.05. The number of nitrogens with one attached hydrogen (secondary N) is 1. The normalized spacial score (nSPS) is 17.8. The van der Waals surface area contributed by atoms with Gasteiger partial charge in [0.1, 0.15) is 6.04 Å². The van der Waals surface area contributed by atoms with E-state index in [1.165, 1.54) is 4.90 Å². The van der Waals surface area contributed by atoms with Crippen molar-refractivity contribution >= 4 is 23.5 Å². The Bertz CT molecular complexity index is 521. The van der Waals surface area contributed by atoms with E-state index in [4.69, 9.17) is 11.6 Å². The number of quaternary nitrogens is 1. The van der Waals surface area contributed by atoms with Crippen LogP contribution in [0.2, 0.25) is 5.02 Å². The monoisotopic (exact) mass is 296 g/mol. The molecule has 1 aromatic carbocycles. The zero-order valence-corrected chi connectivity index (χ0v) is 12.4. The fourth-order valence-corrected chi connectivity index (χ4v) is 2.54. The van der Waals surface area contributed by atoms with E-state index in [2.05, 4.69) is 5.32 Å². The van der Waals surface area contributed by atoms with Crippen molar-refractivity contribution in [2.45, 2.75) is 25.9 Å². The number of hydrogen-bond donors (Lipinski definition) is 2. The van der Waals surface area contributed by atoms with Crippen molar-refractivity contribution in [1.82, 2.24) is 10.2 Å². The van der Waals surface area contributed by atoms with Crippen molar-refractivity contribution in [2.75, 3.05) is 13.1 Å². The highest BCUT2D eigenvalue weighted by molar-refractivity contribution is 6.30. The van der Waals surface area contributed by atoms with Crippen LogP contribution in [-0.4, -0.2) is 36.0 Å². The quantitative estimate of drug-likeness (QED) is 0.867. The lowest BCUT2D eigenvalue weighted by Crippen LogP contribution is -2.92. The lowest BCUT2D eigenvalue weighted by atomic mass is 10.1.